The summed E-state index contributed by atoms with van der Waals surface area (Å²) in [5.41, 5.74) is 3.27. The lowest BCUT2D eigenvalue weighted by Gasteiger charge is -2.16. The number of amides is 1. The molecule has 1 aromatic heterocycles. The predicted molar refractivity (Wildman–Crippen MR) is 139 cm³/mol. The number of carbonyl (C=O) groups excluding carboxylic acids is 1. The Bertz CT molecular complexity index is 1080. The molecule has 1 aliphatic heterocycles. The summed E-state index contributed by atoms with van der Waals surface area (Å²) < 4.78 is 16.1. The van der Waals surface area contributed by atoms with Crippen molar-refractivity contribution in [2.45, 2.75) is 32.9 Å². The Morgan fingerprint density at radius 2 is 1.94 bits per heavy atom. The summed E-state index contributed by atoms with van der Waals surface area (Å²) in [7, 11) is 0. The number of aromatic nitrogens is 2. The van der Waals surface area contributed by atoms with Crippen molar-refractivity contribution in [3.63, 3.8) is 0 Å². The molecule has 0 aliphatic carbocycles. The number of carbonyl (C=O) groups is 1. The molecule has 9 heteroatoms. The Morgan fingerprint density at radius 1 is 1.15 bits per heavy atom. The van der Waals surface area contributed by atoms with Gasteiger partial charge in [0.15, 0.2) is 5.96 Å². The van der Waals surface area contributed by atoms with Crippen LogP contribution in [-0.4, -0.2) is 34.5 Å². The summed E-state index contributed by atoms with van der Waals surface area (Å²) in [6.45, 7) is 4.45. The smallest absolute Gasteiger partial charge is 0.227 e. The third-order valence-electron chi connectivity index (χ3n) is 5.34. The minimum absolute atomic E-state index is 0. The van der Waals surface area contributed by atoms with Crippen molar-refractivity contribution >= 4 is 41.5 Å². The van der Waals surface area contributed by atoms with Crippen LogP contribution in [0.3, 0.4) is 0 Å². The number of nitrogens with zero attached hydrogens (tertiary/aromatic N) is 4. The summed E-state index contributed by atoms with van der Waals surface area (Å²) in [4.78, 5) is 22.3. The van der Waals surface area contributed by atoms with E-state index in [1.807, 2.05) is 42.2 Å². The van der Waals surface area contributed by atoms with E-state index < -0.39 is 0 Å². The Hall–Kier alpha value is -2.95. The second kappa shape index (κ2) is 11.8. The van der Waals surface area contributed by atoms with Gasteiger partial charge in [-0.25, -0.2) is 14.4 Å². The molecule has 2 aromatic carbocycles. The van der Waals surface area contributed by atoms with Crippen LogP contribution in [0.4, 0.5) is 10.1 Å². The first-order valence-corrected chi connectivity index (χ1v) is 10.8. The molecular formula is C24H28FIN6O. The monoisotopic (exact) mass is 562 g/mol. The molecule has 7 nitrogen and oxygen atoms in total. The number of rotatable bonds is 7. The maximum absolute atomic E-state index is 14.5. The van der Waals surface area contributed by atoms with Crippen LogP contribution in [0, 0.1) is 5.82 Å². The number of aliphatic imine (C=N–C) groups is 1. The van der Waals surface area contributed by atoms with E-state index in [-0.39, 0.29) is 35.7 Å². The molecule has 0 radical (unpaired) electrons. The molecule has 0 atom stereocenters. The number of benzene rings is 2. The maximum atomic E-state index is 14.5. The van der Waals surface area contributed by atoms with E-state index in [0.29, 0.717) is 31.2 Å². The number of imidazole rings is 1. The van der Waals surface area contributed by atoms with Gasteiger partial charge in [0.2, 0.25) is 5.91 Å². The van der Waals surface area contributed by atoms with E-state index in [9.17, 15) is 9.18 Å². The van der Waals surface area contributed by atoms with Gasteiger partial charge in [-0.05, 0) is 48.7 Å². The highest BCUT2D eigenvalue weighted by molar-refractivity contribution is 14.0. The molecule has 0 saturated carbocycles. The van der Waals surface area contributed by atoms with Crippen molar-refractivity contribution in [1.82, 2.24) is 20.2 Å². The molecule has 174 valence electrons. The minimum atomic E-state index is -0.315. The van der Waals surface area contributed by atoms with E-state index >= 15 is 0 Å². The number of anilines is 1. The van der Waals surface area contributed by atoms with E-state index in [1.54, 1.807) is 29.4 Å². The first kappa shape index (κ1) is 24.7. The van der Waals surface area contributed by atoms with Gasteiger partial charge in [0.1, 0.15) is 5.82 Å². The lowest BCUT2D eigenvalue weighted by molar-refractivity contribution is -0.117. The summed E-state index contributed by atoms with van der Waals surface area (Å²) in [6, 6.07) is 13.1. The second-order valence-corrected chi connectivity index (χ2v) is 7.62. The quantitative estimate of drug-likeness (QED) is 0.259. The van der Waals surface area contributed by atoms with Gasteiger partial charge in [0.25, 0.3) is 0 Å². The van der Waals surface area contributed by atoms with Crippen molar-refractivity contribution in [3.8, 4) is 5.69 Å². The molecule has 2 heterocycles. The Kier molecular flexibility index (Phi) is 8.81. The molecule has 1 saturated heterocycles. The largest absolute Gasteiger partial charge is 0.357 e. The first-order valence-electron chi connectivity index (χ1n) is 10.8. The molecule has 4 rings (SSSR count). The Balaban J connectivity index is 0.00000306. The van der Waals surface area contributed by atoms with Gasteiger partial charge in [0.05, 0.1) is 18.6 Å². The van der Waals surface area contributed by atoms with Crippen molar-refractivity contribution in [2.24, 2.45) is 4.99 Å². The van der Waals surface area contributed by atoms with E-state index in [2.05, 4.69) is 20.6 Å². The van der Waals surface area contributed by atoms with Gasteiger partial charge in [0, 0.05) is 44.1 Å². The molecule has 1 fully saturated rings. The van der Waals surface area contributed by atoms with Crippen LogP contribution in [0.15, 0.2) is 66.2 Å². The van der Waals surface area contributed by atoms with Crippen LogP contribution >= 0.6 is 24.0 Å². The van der Waals surface area contributed by atoms with Crippen LogP contribution in [-0.2, 0) is 17.9 Å². The lowest BCUT2D eigenvalue weighted by Crippen LogP contribution is -2.36. The second-order valence-electron chi connectivity index (χ2n) is 7.62. The molecule has 1 aliphatic rings. The van der Waals surface area contributed by atoms with Gasteiger partial charge < -0.3 is 20.1 Å². The van der Waals surface area contributed by atoms with Gasteiger partial charge in [-0.1, -0.05) is 18.2 Å². The molecule has 0 spiro atoms. The normalized spacial score (nSPS) is 13.7. The number of hydrogen-bond donors (Lipinski definition) is 2. The molecule has 2 N–H and O–H groups in total. The zero-order chi connectivity index (χ0) is 22.3. The highest BCUT2D eigenvalue weighted by Gasteiger charge is 2.21. The fourth-order valence-corrected chi connectivity index (χ4v) is 3.67. The molecule has 33 heavy (non-hydrogen) atoms. The number of guanidine groups is 1. The highest BCUT2D eigenvalue weighted by atomic mass is 127. The predicted octanol–water partition coefficient (Wildman–Crippen LogP) is 4.01. The van der Waals surface area contributed by atoms with Crippen molar-refractivity contribution < 1.29 is 9.18 Å². The van der Waals surface area contributed by atoms with Crippen molar-refractivity contribution in [1.29, 1.82) is 0 Å². The summed E-state index contributed by atoms with van der Waals surface area (Å²) in [5.74, 6) is 0.530. The van der Waals surface area contributed by atoms with Crippen LogP contribution in [0.5, 0.6) is 0 Å². The maximum Gasteiger partial charge on any atom is 0.227 e. The van der Waals surface area contributed by atoms with Gasteiger partial charge in [-0.15, -0.1) is 24.0 Å². The SMILES string of the molecule is CCNC(=NCc1ccc(-n2ccnc2)c(F)c1)NCc1ccc(N2CCCC2=O)cc1.I. The zero-order valence-corrected chi connectivity index (χ0v) is 20.8. The van der Waals surface area contributed by atoms with Crippen LogP contribution in [0.2, 0.25) is 0 Å². The lowest BCUT2D eigenvalue weighted by atomic mass is 10.2. The van der Waals surface area contributed by atoms with Crippen LogP contribution < -0.4 is 15.5 Å². The topological polar surface area (TPSA) is 74.6 Å². The van der Waals surface area contributed by atoms with Crippen LogP contribution in [0.1, 0.15) is 30.9 Å². The van der Waals surface area contributed by atoms with Gasteiger partial charge in [-0.3, -0.25) is 4.79 Å². The third kappa shape index (κ3) is 6.31. The van der Waals surface area contributed by atoms with Gasteiger partial charge >= 0.3 is 0 Å². The Morgan fingerprint density at radius 3 is 2.58 bits per heavy atom. The van der Waals surface area contributed by atoms with Crippen LogP contribution in [0.25, 0.3) is 5.69 Å². The molecular weight excluding hydrogens is 534 g/mol. The summed E-state index contributed by atoms with van der Waals surface area (Å²) >= 11 is 0. The number of hydrogen-bond acceptors (Lipinski definition) is 3. The highest BCUT2D eigenvalue weighted by Crippen LogP contribution is 2.21. The van der Waals surface area contributed by atoms with E-state index in [0.717, 1.165) is 36.3 Å². The van der Waals surface area contributed by atoms with Crippen molar-refractivity contribution in [2.75, 3.05) is 18.0 Å². The first-order chi connectivity index (χ1) is 15.6. The van der Waals surface area contributed by atoms with E-state index in [4.69, 9.17) is 0 Å². The number of nitrogens with one attached hydrogen (secondary N) is 2. The molecule has 0 unspecified atom stereocenters. The zero-order valence-electron chi connectivity index (χ0n) is 18.5. The summed E-state index contributed by atoms with van der Waals surface area (Å²) in [6.07, 6.45) is 6.44. The molecule has 3 aromatic rings. The average molecular weight is 562 g/mol. The number of halogens is 2. The fraction of sp³-hybridized carbons (Fsp3) is 0.292. The average Bonchev–Trinajstić information content (AvgIpc) is 3.48. The fourth-order valence-electron chi connectivity index (χ4n) is 3.67. The molecule has 0 bridgehead atoms. The van der Waals surface area contributed by atoms with E-state index in [1.165, 1.54) is 6.07 Å². The van der Waals surface area contributed by atoms with Gasteiger partial charge in [-0.2, -0.15) is 0 Å². The third-order valence-corrected chi connectivity index (χ3v) is 5.34. The molecule has 1 amide bonds. The summed E-state index contributed by atoms with van der Waals surface area (Å²) in [5, 5.41) is 6.52. The van der Waals surface area contributed by atoms with Crippen molar-refractivity contribution in [3.05, 3.63) is 78.1 Å². The minimum Gasteiger partial charge on any atom is -0.357 e. The Labute approximate surface area is 210 Å². The standard InChI is InChI=1S/C24H27FN6O.HI/c1-2-27-24(28-15-18-5-8-20(9-6-18)31-12-3-4-23(31)32)29-16-19-7-10-22(21(25)14-19)30-13-11-26-17-30;/h5-11,13-14,17H,2-4,12,15-16H2,1H3,(H2,27,28,29);1H.